The van der Waals surface area contributed by atoms with Crippen LogP contribution in [0.5, 0.6) is 11.5 Å². The van der Waals surface area contributed by atoms with Crippen molar-refractivity contribution in [3.63, 3.8) is 0 Å². The lowest BCUT2D eigenvalue weighted by atomic mass is 10.1. The summed E-state index contributed by atoms with van der Waals surface area (Å²) in [6.45, 7) is 7.79. The maximum atomic E-state index is 6.34. The second kappa shape index (κ2) is 8.76. The van der Waals surface area contributed by atoms with Gasteiger partial charge in [-0.2, -0.15) is 11.8 Å². The molecule has 3 nitrogen and oxygen atoms in total. The number of ether oxygens (including phenoxy) is 2. The summed E-state index contributed by atoms with van der Waals surface area (Å²) in [4.78, 5) is 0. The Morgan fingerprint density at radius 1 is 1.29 bits per heavy atom. The third-order valence-corrected chi connectivity index (χ3v) is 3.83. The van der Waals surface area contributed by atoms with E-state index in [0.717, 1.165) is 24.3 Å². The number of methoxy groups -OCH3 is 1. The Kier molecular flexibility index (Phi) is 7.71. The third-order valence-electron chi connectivity index (χ3n) is 2.85. The number of hydrogen-bond donors (Lipinski definition) is 1. The molecule has 1 aromatic carbocycles. The molecule has 0 spiro atoms. The number of nitrogens with one attached hydrogen (secondary N) is 1. The number of benzene rings is 1. The molecule has 0 amide bonds. The minimum absolute atomic E-state index is 0.0622. The first-order valence-corrected chi connectivity index (χ1v) is 8.87. The molecule has 0 aliphatic carbocycles. The Morgan fingerprint density at radius 3 is 2.57 bits per heavy atom. The van der Waals surface area contributed by atoms with E-state index in [9.17, 15) is 0 Å². The van der Waals surface area contributed by atoms with E-state index in [1.165, 1.54) is 0 Å². The largest absolute Gasteiger partial charge is 0.493 e. The Labute approximate surface area is 137 Å². The van der Waals surface area contributed by atoms with E-state index >= 15 is 0 Å². The molecule has 120 valence electrons. The minimum atomic E-state index is 0.0622. The molecule has 0 saturated heterocycles. The van der Waals surface area contributed by atoms with Crippen molar-refractivity contribution in [3.8, 4) is 11.5 Å². The summed E-state index contributed by atoms with van der Waals surface area (Å²) in [5.41, 5.74) is 1.15. The molecule has 0 radical (unpaired) electrons. The van der Waals surface area contributed by atoms with E-state index in [0.29, 0.717) is 23.1 Å². The van der Waals surface area contributed by atoms with Gasteiger partial charge < -0.3 is 14.8 Å². The molecule has 1 rings (SSSR count). The lowest BCUT2D eigenvalue weighted by Crippen LogP contribution is -2.35. The zero-order chi connectivity index (χ0) is 15.9. The fraction of sp³-hybridized carbons (Fsp3) is 0.625. The van der Waals surface area contributed by atoms with Gasteiger partial charge in [0.25, 0.3) is 0 Å². The van der Waals surface area contributed by atoms with Crippen LogP contribution in [0.1, 0.15) is 32.8 Å². The van der Waals surface area contributed by atoms with Crippen LogP contribution in [0, 0.1) is 0 Å². The molecule has 0 fully saturated rings. The molecule has 0 bridgehead atoms. The van der Waals surface area contributed by atoms with Crippen molar-refractivity contribution in [3.05, 3.63) is 22.7 Å². The summed E-state index contributed by atoms with van der Waals surface area (Å²) < 4.78 is 11.2. The fourth-order valence-corrected chi connectivity index (χ4v) is 2.45. The van der Waals surface area contributed by atoms with E-state index < -0.39 is 0 Å². The fourth-order valence-electron chi connectivity index (χ4n) is 1.76. The van der Waals surface area contributed by atoms with Crippen molar-refractivity contribution in [2.75, 3.05) is 25.7 Å². The summed E-state index contributed by atoms with van der Waals surface area (Å²) in [6.07, 6.45) is 3.08. The third kappa shape index (κ3) is 6.81. The summed E-state index contributed by atoms with van der Waals surface area (Å²) in [7, 11) is 1.64. The Balaban J connectivity index is 2.77. The summed E-state index contributed by atoms with van der Waals surface area (Å²) in [5.74, 6) is 2.41. The minimum Gasteiger partial charge on any atom is -0.493 e. The predicted octanol–water partition coefficient (Wildman–Crippen LogP) is 4.37. The lowest BCUT2D eigenvalue weighted by molar-refractivity contribution is 0.295. The first-order valence-electron chi connectivity index (χ1n) is 7.10. The Morgan fingerprint density at radius 2 is 2.00 bits per heavy atom. The van der Waals surface area contributed by atoms with Gasteiger partial charge in [0, 0.05) is 12.1 Å². The van der Waals surface area contributed by atoms with E-state index in [1.807, 2.05) is 23.9 Å². The molecule has 1 aromatic rings. The van der Waals surface area contributed by atoms with Gasteiger partial charge in [-0.1, -0.05) is 11.6 Å². The van der Waals surface area contributed by atoms with Gasteiger partial charge in [0.15, 0.2) is 11.5 Å². The van der Waals surface area contributed by atoms with Crippen molar-refractivity contribution in [1.82, 2.24) is 5.32 Å². The number of rotatable bonds is 8. The van der Waals surface area contributed by atoms with Crippen LogP contribution in [-0.4, -0.2) is 31.3 Å². The highest BCUT2D eigenvalue weighted by Crippen LogP contribution is 2.36. The molecular weight excluding hydrogens is 306 g/mol. The Hall–Kier alpha value is -0.580. The topological polar surface area (TPSA) is 30.5 Å². The number of thioether (sulfide) groups is 1. The monoisotopic (exact) mass is 331 g/mol. The molecule has 0 aromatic heterocycles. The molecule has 5 heteroatoms. The predicted molar refractivity (Wildman–Crippen MR) is 93.1 cm³/mol. The van der Waals surface area contributed by atoms with Crippen LogP contribution in [0.25, 0.3) is 0 Å². The van der Waals surface area contributed by atoms with E-state index in [1.54, 1.807) is 7.11 Å². The van der Waals surface area contributed by atoms with Gasteiger partial charge in [0.1, 0.15) is 0 Å². The standard InChI is InChI=1S/C16H26ClNO2S/c1-16(2,3)18-11-12-9-13(17)15(14(10-12)19-4)20-7-6-8-21-5/h9-10,18H,6-8,11H2,1-5H3. The van der Waals surface area contributed by atoms with E-state index in [2.05, 4.69) is 32.3 Å². The van der Waals surface area contributed by atoms with Crippen LogP contribution < -0.4 is 14.8 Å². The van der Waals surface area contributed by atoms with Crippen molar-refractivity contribution in [1.29, 1.82) is 0 Å². The number of hydrogen-bond acceptors (Lipinski definition) is 4. The smallest absolute Gasteiger partial charge is 0.179 e. The molecule has 0 atom stereocenters. The second-order valence-corrected chi connectivity index (χ2v) is 7.30. The van der Waals surface area contributed by atoms with Crippen LogP contribution in [0.3, 0.4) is 0 Å². The second-order valence-electron chi connectivity index (χ2n) is 5.91. The van der Waals surface area contributed by atoms with Crippen LogP contribution in [0.4, 0.5) is 0 Å². The Bertz CT molecular complexity index is 447. The van der Waals surface area contributed by atoms with Gasteiger partial charge in [-0.3, -0.25) is 0 Å². The lowest BCUT2D eigenvalue weighted by Gasteiger charge is -2.21. The summed E-state index contributed by atoms with van der Waals surface area (Å²) >= 11 is 8.15. The van der Waals surface area contributed by atoms with Gasteiger partial charge in [-0.15, -0.1) is 0 Å². The molecule has 0 heterocycles. The molecule has 0 saturated carbocycles. The van der Waals surface area contributed by atoms with Gasteiger partial charge in [0.05, 0.1) is 18.7 Å². The molecule has 21 heavy (non-hydrogen) atoms. The number of halogens is 1. The SMILES string of the molecule is COc1cc(CNC(C)(C)C)cc(Cl)c1OCCCSC. The van der Waals surface area contributed by atoms with Crippen molar-refractivity contribution >= 4 is 23.4 Å². The average Bonchev–Trinajstić information content (AvgIpc) is 2.41. The molecule has 0 aliphatic heterocycles. The average molecular weight is 332 g/mol. The van der Waals surface area contributed by atoms with E-state index in [4.69, 9.17) is 21.1 Å². The van der Waals surface area contributed by atoms with Crippen molar-refractivity contribution in [2.45, 2.75) is 39.3 Å². The first-order chi connectivity index (χ1) is 9.87. The van der Waals surface area contributed by atoms with Crippen LogP contribution in [0.2, 0.25) is 5.02 Å². The first kappa shape index (κ1) is 18.5. The highest BCUT2D eigenvalue weighted by Gasteiger charge is 2.14. The zero-order valence-electron chi connectivity index (χ0n) is 13.6. The highest BCUT2D eigenvalue weighted by molar-refractivity contribution is 7.98. The van der Waals surface area contributed by atoms with Gasteiger partial charge in [-0.25, -0.2) is 0 Å². The highest BCUT2D eigenvalue weighted by atomic mass is 35.5. The molecule has 0 unspecified atom stereocenters. The molecule has 1 N–H and O–H groups in total. The molecular formula is C16H26ClNO2S. The van der Waals surface area contributed by atoms with Crippen molar-refractivity contribution in [2.24, 2.45) is 0 Å². The summed E-state index contributed by atoms with van der Waals surface area (Å²) in [5, 5.41) is 4.04. The van der Waals surface area contributed by atoms with Crippen molar-refractivity contribution < 1.29 is 9.47 Å². The quantitative estimate of drug-likeness (QED) is 0.717. The maximum absolute atomic E-state index is 6.34. The van der Waals surface area contributed by atoms with Gasteiger partial charge in [0.2, 0.25) is 0 Å². The maximum Gasteiger partial charge on any atom is 0.179 e. The van der Waals surface area contributed by atoms with Crippen LogP contribution in [-0.2, 0) is 6.54 Å². The molecule has 0 aliphatic rings. The summed E-state index contributed by atoms with van der Waals surface area (Å²) in [6, 6.07) is 3.92. The van der Waals surface area contributed by atoms with E-state index in [-0.39, 0.29) is 5.54 Å². The zero-order valence-corrected chi connectivity index (χ0v) is 15.2. The van der Waals surface area contributed by atoms with Crippen LogP contribution >= 0.6 is 23.4 Å². The van der Waals surface area contributed by atoms with Gasteiger partial charge >= 0.3 is 0 Å². The van der Waals surface area contributed by atoms with Crippen LogP contribution in [0.15, 0.2) is 12.1 Å². The van der Waals surface area contributed by atoms with Gasteiger partial charge in [-0.05, 0) is 56.9 Å². The normalized spacial score (nSPS) is 11.5.